The number of H-pyrrole nitrogens is 1. The third-order valence-corrected chi connectivity index (χ3v) is 15.7. The number of ketones is 1. The number of hydrogen-bond donors (Lipinski definition) is 7. The molecule has 2 bridgehead atoms. The van der Waals surface area contributed by atoms with E-state index in [1.165, 1.54) is 11.8 Å². The Morgan fingerprint density at radius 2 is 1.72 bits per heavy atom. The van der Waals surface area contributed by atoms with Crippen LogP contribution in [-0.4, -0.2) is 153 Å². The molecule has 10 atom stereocenters. The zero-order valence-electron chi connectivity index (χ0n) is 36.9. The minimum Gasteiger partial charge on any atom is -0.467 e. The molecule has 5 aliphatic heterocycles. The van der Waals surface area contributed by atoms with Gasteiger partial charge in [-0.25, -0.2) is 4.79 Å². The number of carbonyl (C=O) groups is 4. The number of esters is 2. The minimum atomic E-state index is -4.67. The molecule has 9 rings (SSSR count). The Labute approximate surface area is 376 Å². The molecule has 2 unspecified atom stereocenters. The van der Waals surface area contributed by atoms with E-state index in [1.54, 1.807) is 6.07 Å². The number of hydrogen-bond acceptors (Lipinski definition) is 14. The Balaban J connectivity index is 0.00000109. The number of piperidine rings is 1. The predicted molar refractivity (Wildman–Crippen MR) is 234 cm³/mol. The maximum atomic E-state index is 15.3. The van der Waals surface area contributed by atoms with Crippen molar-refractivity contribution in [3.8, 4) is 0 Å². The van der Waals surface area contributed by atoms with E-state index in [0.717, 1.165) is 23.6 Å². The number of amides is 1. The number of anilines is 1. The number of aromatic nitrogens is 1. The van der Waals surface area contributed by atoms with Crippen molar-refractivity contribution in [1.82, 2.24) is 14.8 Å². The van der Waals surface area contributed by atoms with Crippen LogP contribution in [0.3, 0.4) is 0 Å². The SMILES string of the molecule is CC[C@]1(O)C[C@H]2CN(CCc3c([nH]c4ccccc34)[C@@](C(=O)CO)(c3cc4c(cc3CO)N(C=O)[C@@H]3C45CCN4CC=C[C@](CC)([C@H]45)[C@@H](OC(C)=O)[C@]3(O)C(=O)OC)C2)C1.O=S(=O)(O)O. The van der Waals surface area contributed by atoms with E-state index >= 15 is 4.79 Å². The summed E-state index contributed by atoms with van der Waals surface area (Å²) < 4.78 is 43.0. The van der Waals surface area contributed by atoms with Crippen LogP contribution in [0.1, 0.15) is 80.8 Å². The van der Waals surface area contributed by atoms with Crippen LogP contribution in [0, 0.1) is 11.3 Å². The van der Waals surface area contributed by atoms with Crippen molar-refractivity contribution >= 4 is 51.1 Å². The van der Waals surface area contributed by atoms with Gasteiger partial charge in [0.25, 0.3) is 0 Å². The lowest BCUT2D eigenvalue weighted by molar-refractivity contribution is -0.228. The average Bonchev–Trinajstić information content (AvgIpc) is 3.95. The Morgan fingerprint density at radius 1 is 1.00 bits per heavy atom. The van der Waals surface area contributed by atoms with Gasteiger partial charge in [0.15, 0.2) is 11.9 Å². The Bertz CT molecular complexity index is 2560. The summed E-state index contributed by atoms with van der Waals surface area (Å²) in [5, 5.41) is 48.7. The predicted octanol–water partition coefficient (Wildman–Crippen LogP) is 1.74. The molecule has 1 aromatic heterocycles. The van der Waals surface area contributed by atoms with Crippen LogP contribution in [0.15, 0.2) is 48.6 Å². The van der Waals surface area contributed by atoms with E-state index in [2.05, 4.69) is 14.8 Å². The molecule has 2 saturated heterocycles. The first-order valence-electron chi connectivity index (χ1n) is 22.1. The Kier molecular flexibility index (Phi) is 12.0. The first-order valence-corrected chi connectivity index (χ1v) is 23.5. The smallest absolute Gasteiger partial charge is 0.394 e. The van der Waals surface area contributed by atoms with Gasteiger partial charge in [0.2, 0.25) is 12.0 Å². The molecule has 1 spiro atoms. The van der Waals surface area contributed by atoms with Gasteiger partial charge in [-0.05, 0) is 85.4 Å². The molecule has 2 aromatic carbocycles. The van der Waals surface area contributed by atoms with E-state index in [-0.39, 0.29) is 12.3 Å². The maximum absolute atomic E-state index is 15.3. The van der Waals surface area contributed by atoms with E-state index in [9.17, 15) is 34.8 Å². The zero-order valence-corrected chi connectivity index (χ0v) is 37.7. The molecular weight excluding hydrogens is 865 g/mol. The van der Waals surface area contributed by atoms with Gasteiger partial charge >= 0.3 is 22.3 Å². The van der Waals surface area contributed by atoms with E-state index < -0.39 is 87.0 Å². The van der Waals surface area contributed by atoms with Gasteiger partial charge < -0.3 is 39.8 Å². The van der Waals surface area contributed by atoms with Gasteiger partial charge in [0, 0.05) is 72.3 Å². The average molecular weight is 923 g/mol. The number of Topliss-reactive ketones (excluding diaryl/α,β-unsaturated/α-hetero) is 1. The summed E-state index contributed by atoms with van der Waals surface area (Å²) in [4.78, 5) is 65.8. The second-order valence-corrected chi connectivity index (χ2v) is 19.7. The van der Waals surface area contributed by atoms with Gasteiger partial charge in [-0.15, -0.1) is 0 Å². The van der Waals surface area contributed by atoms with Crippen molar-refractivity contribution < 1.29 is 66.6 Å². The number of aliphatic hydroxyl groups is 4. The van der Waals surface area contributed by atoms with E-state index in [4.69, 9.17) is 27.0 Å². The van der Waals surface area contributed by atoms with Gasteiger partial charge in [0.1, 0.15) is 6.61 Å². The third-order valence-electron chi connectivity index (χ3n) is 15.7. The topological polar surface area (TPSA) is 268 Å². The number of benzene rings is 2. The number of ether oxygens (including phenoxy) is 2. The number of para-hydroxylation sites is 1. The fourth-order valence-electron chi connectivity index (χ4n) is 13.5. The van der Waals surface area contributed by atoms with Crippen molar-refractivity contribution in [2.24, 2.45) is 11.3 Å². The van der Waals surface area contributed by atoms with Gasteiger partial charge in [0.05, 0.1) is 30.8 Å². The monoisotopic (exact) mass is 922 g/mol. The van der Waals surface area contributed by atoms with E-state index in [1.807, 2.05) is 56.3 Å². The van der Waals surface area contributed by atoms with Crippen molar-refractivity contribution in [3.63, 3.8) is 0 Å². The normalized spacial score (nSPS) is 34.7. The summed E-state index contributed by atoms with van der Waals surface area (Å²) in [5.41, 5.74) is -3.39. The number of nitrogens with one attached hydrogen (secondary N) is 1. The number of fused-ring (bicyclic) bond motifs is 6. The van der Waals surface area contributed by atoms with E-state index in [0.29, 0.717) is 99.3 Å². The molecule has 1 amide bonds. The first-order chi connectivity index (χ1) is 30.8. The van der Waals surface area contributed by atoms with Crippen molar-refractivity contribution in [1.29, 1.82) is 0 Å². The second kappa shape index (κ2) is 16.6. The second-order valence-electron chi connectivity index (χ2n) is 18.8. The number of carbonyl (C=O) groups excluding carboxylic acids is 4. The lowest BCUT2D eigenvalue weighted by Gasteiger charge is -2.63. The molecular formula is C46H58N4O14S. The summed E-state index contributed by atoms with van der Waals surface area (Å²) in [7, 11) is -3.51. The molecule has 1 saturated carbocycles. The maximum Gasteiger partial charge on any atom is 0.394 e. The highest BCUT2D eigenvalue weighted by Crippen LogP contribution is 2.68. The molecule has 352 valence electrons. The lowest BCUT2D eigenvalue weighted by Crippen LogP contribution is -2.81. The van der Waals surface area contributed by atoms with Gasteiger partial charge in [-0.1, -0.05) is 50.3 Å². The highest BCUT2D eigenvalue weighted by Gasteiger charge is 2.81. The first kappa shape index (κ1) is 46.9. The van der Waals surface area contributed by atoms with Gasteiger partial charge in [-0.3, -0.25) is 33.3 Å². The fourth-order valence-corrected chi connectivity index (χ4v) is 13.5. The quantitative estimate of drug-likeness (QED) is 0.0698. The summed E-state index contributed by atoms with van der Waals surface area (Å²) >= 11 is 0. The molecule has 0 radical (unpaired) electrons. The van der Waals surface area contributed by atoms with Crippen LogP contribution in [0.25, 0.3) is 10.9 Å². The van der Waals surface area contributed by atoms with Crippen LogP contribution in [0.4, 0.5) is 5.69 Å². The largest absolute Gasteiger partial charge is 0.467 e. The van der Waals surface area contributed by atoms with Crippen LogP contribution in [-0.2, 0) is 62.9 Å². The Hall–Kier alpha value is -4.57. The van der Waals surface area contributed by atoms with Crippen molar-refractivity contribution in [2.75, 3.05) is 51.3 Å². The summed E-state index contributed by atoms with van der Waals surface area (Å²) in [6, 6.07) is 9.62. The molecule has 19 heteroatoms. The number of rotatable bonds is 9. The number of nitrogens with zero attached hydrogens (tertiary/aromatic N) is 3. The molecule has 6 heterocycles. The molecule has 18 nitrogen and oxygen atoms in total. The number of aliphatic hydroxyl groups excluding tert-OH is 2. The minimum absolute atomic E-state index is 0.197. The molecule has 3 aromatic rings. The van der Waals surface area contributed by atoms with Gasteiger partial charge in [-0.2, -0.15) is 8.42 Å². The summed E-state index contributed by atoms with van der Waals surface area (Å²) in [5.74, 6) is -2.46. The molecule has 6 aliphatic rings. The van der Waals surface area contributed by atoms with Crippen LogP contribution >= 0.6 is 0 Å². The third kappa shape index (κ3) is 6.99. The zero-order chi connectivity index (χ0) is 47.1. The highest BCUT2D eigenvalue weighted by molar-refractivity contribution is 7.79. The number of methoxy groups -OCH3 is 1. The molecule has 3 fully saturated rings. The summed E-state index contributed by atoms with van der Waals surface area (Å²) in [6.07, 6.45) is 5.44. The lowest BCUT2D eigenvalue weighted by atomic mass is 9.47. The van der Waals surface area contributed by atoms with Crippen LogP contribution in [0.5, 0.6) is 0 Å². The highest BCUT2D eigenvalue weighted by atomic mass is 32.3. The molecule has 65 heavy (non-hydrogen) atoms. The summed E-state index contributed by atoms with van der Waals surface area (Å²) in [6.45, 7) is 6.54. The van der Waals surface area contributed by atoms with Crippen molar-refractivity contribution in [2.45, 2.75) is 106 Å². The molecule has 1 aliphatic carbocycles. The Morgan fingerprint density at radius 3 is 2.35 bits per heavy atom. The van der Waals surface area contributed by atoms with Crippen molar-refractivity contribution in [3.05, 3.63) is 76.5 Å². The van der Waals surface area contributed by atoms with Crippen LogP contribution < -0.4 is 4.90 Å². The molecule has 7 N–H and O–H groups in total. The fraction of sp³-hybridized carbons (Fsp3) is 0.565. The standard InChI is InChI=1S/C46H56N4O10.H2O4S/c1-5-42(57)20-28-21-45(36(55)24-52,37-31(12-16-48(22-28)25-42)30-10-7-8-11-34(30)47-37)32-19-33-35(18-29(32)23-51)50(26-53)39-44(33)14-17-49-15-9-13-43(6-2,38(44)49)40(60-27(3)54)46(39,58)41(56)59-4;1-5(2,3)4/h7-11,13,18-19,26,28,38-40,47,51-52,57-58H,5-6,12,14-17,20-25H2,1-4H3;(H2,1,2,3,4)/t28-,38+,39-,40-,42+,43-,44?,45-,46+;/m1./s1. The number of aromatic amines is 1. The van der Waals surface area contributed by atoms with Crippen LogP contribution in [0.2, 0.25) is 0 Å².